The third-order valence-electron chi connectivity index (χ3n) is 6.29. The topological polar surface area (TPSA) is 108 Å². The van der Waals surface area contributed by atoms with Crippen molar-refractivity contribution in [3.63, 3.8) is 0 Å². The fourth-order valence-electron chi connectivity index (χ4n) is 4.42. The average Bonchev–Trinajstić information content (AvgIpc) is 3.24. The van der Waals surface area contributed by atoms with Crippen molar-refractivity contribution in [1.29, 1.82) is 0 Å². The van der Waals surface area contributed by atoms with Gasteiger partial charge in [0.25, 0.3) is 5.91 Å². The first-order valence-electron chi connectivity index (χ1n) is 12.4. The summed E-state index contributed by atoms with van der Waals surface area (Å²) in [4.78, 5) is 27.2. The van der Waals surface area contributed by atoms with Crippen molar-refractivity contribution >= 4 is 50.2 Å². The lowest BCUT2D eigenvalue weighted by molar-refractivity contribution is -0.110. The van der Waals surface area contributed by atoms with E-state index in [1.807, 2.05) is 49.3 Å². The van der Waals surface area contributed by atoms with Gasteiger partial charge in [0.1, 0.15) is 0 Å². The van der Waals surface area contributed by atoms with Gasteiger partial charge in [-0.1, -0.05) is 36.4 Å². The van der Waals surface area contributed by atoms with E-state index in [0.717, 1.165) is 12.1 Å². The van der Waals surface area contributed by atoms with Crippen molar-refractivity contribution in [3.8, 4) is 0 Å². The Hall–Kier alpha value is -4.15. The van der Waals surface area contributed by atoms with Crippen molar-refractivity contribution in [2.24, 2.45) is 0 Å². The number of esters is 1. The summed E-state index contributed by atoms with van der Waals surface area (Å²) >= 11 is 0. The molecular weight excluding hydrogens is 516 g/mol. The first-order valence-corrected chi connectivity index (χ1v) is 14.3. The zero-order valence-corrected chi connectivity index (χ0v) is 23.2. The predicted molar refractivity (Wildman–Crippen MR) is 155 cm³/mol. The van der Waals surface area contributed by atoms with E-state index in [1.54, 1.807) is 42.5 Å². The molecule has 0 spiro atoms. The molecule has 2 N–H and O–H groups in total. The minimum atomic E-state index is -3.46. The quantitative estimate of drug-likeness (QED) is 0.290. The van der Waals surface area contributed by atoms with Gasteiger partial charge in [-0.3, -0.25) is 9.10 Å². The van der Waals surface area contributed by atoms with Crippen LogP contribution in [0.4, 0.5) is 17.1 Å². The lowest BCUT2D eigenvalue weighted by Gasteiger charge is -2.23. The van der Waals surface area contributed by atoms with Gasteiger partial charge >= 0.3 is 5.97 Å². The first kappa shape index (κ1) is 27.9. The van der Waals surface area contributed by atoms with Gasteiger partial charge in [-0.05, 0) is 69.0 Å². The van der Waals surface area contributed by atoms with E-state index in [-0.39, 0.29) is 5.91 Å². The van der Waals surface area contributed by atoms with Crippen molar-refractivity contribution < 1.29 is 22.7 Å². The van der Waals surface area contributed by atoms with Gasteiger partial charge in [0, 0.05) is 17.8 Å². The Bertz CT molecular complexity index is 1500. The third kappa shape index (κ3) is 6.47. The highest BCUT2D eigenvalue weighted by atomic mass is 32.2. The number of hydrogen-bond acceptors (Lipinski definition) is 7. The Morgan fingerprint density at radius 1 is 0.949 bits per heavy atom. The molecule has 39 heavy (non-hydrogen) atoms. The lowest BCUT2D eigenvalue weighted by Crippen LogP contribution is -2.32. The van der Waals surface area contributed by atoms with Crippen LogP contribution in [0, 0.1) is 0 Å². The Morgan fingerprint density at radius 2 is 1.64 bits per heavy atom. The van der Waals surface area contributed by atoms with Crippen LogP contribution in [0.1, 0.15) is 27.9 Å². The van der Waals surface area contributed by atoms with Gasteiger partial charge in [0.05, 0.1) is 41.6 Å². The maximum absolute atomic E-state index is 13.2. The molecule has 0 aliphatic carbocycles. The number of anilines is 3. The van der Waals surface area contributed by atoms with Crippen LogP contribution >= 0.6 is 0 Å². The molecule has 3 aromatic carbocycles. The fourth-order valence-corrected chi connectivity index (χ4v) is 5.39. The maximum atomic E-state index is 13.2. The second-order valence-corrected chi connectivity index (χ2v) is 11.4. The molecule has 10 heteroatoms. The van der Waals surface area contributed by atoms with Crippen LogP contribution in [0.5, 0.6) is 0 Å². The van der Waals surface area contributed by atoms with Crippen molar-refractivity contribution in [2.75, 3.05) is 55.5 Å². The highest BCUT2D eigenvalue weighted by Gasteiger charge is 2.29. The van der Waals surface area contributed by atoms with E-state index < -0.39 is 16.0 Å². The highest BCUT2D eigenvalue weighted by molar-refractivity contribution is 7.92. The number of ether oxygens (including phenoxy) is 1. The van der Waals surface area contributed by atoms with Crippen molar-refractivity contribution in [1.82, 2.24) is 4.90 Å². The summed E-state index contributed by atoms with van der Waals surface area (Å²) in [6, 6.07) is 21.5. The summed E-state index contributed by atoms with van der Waals surface area (Å²) in [5.41, 5.74) is 4.55. The molecule has 1 aliphatic rings. The number of nitrogens with zero attached hydrogens (tertiary/aromatic N) is 2. The van der Waals surface area contributed by atoms with Crippen molar-refractivity contribution in [2.45, 2.75) is 6.42 Å². The highest BCUT2D eigenvalue weighted by Crippen LogP contribution is 2.38. The van der Waals surface area contributed by atoms with Crippen LogP contribution in [0.25, 0.3) is 11.3 Å². The fraction of sp³-hybridized carbons (Fsp3) is 0.241. The summed E-state index contributed by atoms with van der Waals surface area (Å²) in [5.74, 6) is -0.796. The van der Waals surface area contributed by atoms with Gasteiger partial charge in [-0.15, -0.1) is 0 Å². The van der Waals surface area contributed by atoms with E-state index in [0.29, 0.717) is 52.4 Å². The van der Waals surface area contributed by atoms with E-state index in [9.17, 15) is 18.0 Å². The number of sulfonamides is 1. The zero-order valence-electron chi connectivity index (χ0n) is 22.4. The maximum Gasteiger partial charge on any atom is 0.337 e. The molecule has 4 rings (SSSR count). The molecule has 1 heterocycles. The number of fused-ring (bicyclic) bond motifs is 1. The number of methoxy groups -OCH3 is 1. The molecule has 0 bridgehead atoms. The van der Waals surface area contributed by atoms with E-state index in [2.05, 4.69) is 10.6 Å². The number of amides is 1. The minimum Gasteiger partial charge on any atom is -0.465 e. The van der Waals surface area contributed by atoms with E-state index in [1.165, 1.54) is 17.7 Å². The number of carbonyl (C=O) groups excluding carboxylic acids is 2. The Kier molecular flexibility index (Phi) is 8.37. The molecule has 0 unspecified atom stereocenters. The molecule has 1 amide bonds. The Morgan fingerprint density at radius 3 is 2.26 bits per heavy atom. The van der Waals surface area contributed by atoms with Crippen LogP contribution in [-0.2, 0) is 19.6 Å². The van der Waals surface area contributed by atoms with Crippen LogP contribution in [0.2, 0.25) is 0 Å². The monoisotopic (exact) mass is 548 g/mol. The minimum absolute atomic E-state index is 0.306. The van der Waals surface area contributed by atoms with Gasteiger partial charge < -0.3 is 20.3 Å². The smallest absolute Gasteiger partial charge is 0.337 e. The largest absolute Gasteiger partial charge is 0.465 e. The second kappa shape index (κ2) is 11.7. The summed E-state index contributed by atoms with van der Waals surface area (Å²) in [5, 5.41) is 6.22. The van der Waals surface area contributed by atoms with E-state index in [4.69, 9.17) is 4.74 Å². The van der Waals surface area contributed by atoms with Crippen LogP contribution in [0.3, 0.4) is 0 Å². The van der Waals surface area contributed by atoms with E-state index >= 15 is 0 Å². The number of hydrogen-bond donors (Lipinski definition) is 2. The SMILES string of the molecule is COC(=O)c1ccc2c(c1)NC(=O)C2=C(Nc1ccc(N(CCCN(C)C)S(C)(=O)=O)cc1)c1ccccc1. The molecule has 204 valence electrons. The third-order valence-corrected chi connectivity index (χ3v) is 7.48. The molecule has 0 saturated carbocycles. The number of carbonyl (C=O) groups is 2. The molecule has 0 fully saturated rings. The van der Waals surface area contributed by atoms with Gasteiger partial charge in [0.15, 0.2) is 0 Å². The molecule has 0 atom stereocenters. The van der Waals surface area contributed by atoms with Crippen LogP contribution in [-0.4, -0.2) is 65.7 Å². The molecule has 0 aromatic heterocycles. The summed E-state index contributed by atoms with van der Waals surface area (Å²) < 4.78 is 31.2. The number of benzene rings is 3. The summed E-state index contributed by atoms with van der Waals surface area (Å²) in [7, 11) is 1.74. The molecule has 0 saturated heterocycles. The Balaban J connectivity index is 1.70. The molecular formula is C29H32N4O5S. The molecule has 0 radical (unpaired) electrons. The molecule has 1 aliphatic heterocycles. The summed E-state index contributed by atoms with van der Waals surface area (Å²) in [6.07, 6.45) is 1.89. The summed E-state index contributed by atoms with van der Waals surface area (Å²) in [6.45, 7) is 1.14. The van der Waals surface area contributed by atoms with Crippen LogP contribution in [0.15, 0.2) is 72.8 Å². The van der Waals surface area contributed by atoms with Gasteiger partial charge in [-0.2, -0.15) is 0 Å². The van der Waals surface area contributed by atoms with Gasteiger partial charge in [-0.25, -0.2) is 13.2 Å². The zero-order chi connectivity index (χ0) is 28.2. The van der Waals surface area contributed by atoms with Crippen molar-refractivity contribution in [3.05, 3.63) is 89.5 Å². The Labute approximate surface area is 229 Å². The number of nitrogens with one attached hydrogen (secondary N) is 2. The molecule has 3 aromatic rings. The standard InChI is InChI=1S/C29H32N4O5S/c1-32(2)17-8-18-33(39(4,36)37)23-14-12-22(13-15-23)30-27(20-9-6-5-7-10-20)26-24-16-11-21(29(35)38-3)19-25(24)31-28(26)34/h5-7,9-16,19,30H,8,17-18H2,1-4H3,(H,31,34). The van der Waals surface area contributed by atoms with Gasteiger partial charge in [0.2, 0.25) is 10.0 Å². The number of rotatable bonds is 10. The molecule has 9 nitrogen and oxygen atoms in total. The normalized spacial score (nSPS) is 14.0. The first-order chi connectivity index (χ1) is 18.6. The van der Waals surface area contributed by atoms with Crippen LogP contribution < -0.4 is 14.9 Å². The average molecular weight is 549 g/mol. The predicted octanol–water partition coefficient (Wildman–Crippen LogP) is 4.12. The lowest BCUT2D eigenvalue weighted by atomic mass is 9.99. The second-order valence-electron chi connectivity index (χ2n) is 9.49.